The molecule has 0 aliphatic heterocycles. The van der Waals surface area contributed by atoms with Gasteiger partial charge in [0.25, 0.3) is 6.43 Å². The van der Waals surface area contributed by atoms with Crippen LogP contribution < -0.4 is 4.74 Å². The quantitative estimate of drug-likeness (QED) is 0.403. The summed E-state index contributed by atoms with van der Waals surface area (Å²) in [6, 6.07) is 2.77. The molecule has 0 amide bonds. The fourth-order valence-electron chi connectivity index (χ4n) is 5.70. The van der Waals surface area contributed by atoms with Crippen molar-refractivity contribution in [1.82, 2.24) is 0 Å². The first kappa shape index (κ1) is 24.0. The lowest BCUT2D eigenvalue weighted by Crippen LogP contribution is -2.25. The number of hydrogen-bond donors (Lipinski definition) is 1. The van der Waals surface area contributed by atoms with Crippen LogP contribution in [0.1, 0.15) is 107 Å². The van der Waals surface area contributed by atoms with Crippen LogP contribution in [0.25, 0.3) is 0 Å². The standard InChI is InChI=1S/C26H38F2O3/c1-3-31-23-16-15-21(25(30)24(23)26(27)28)22(29)6-4-5-18-9-13-20(14-10-18)19-11-7-17(2)8-12-19/h15-20,26,30H,3-14H2,1-2H3. The van der Waals surface area contributed by atoms with Crippen LogP contribution in [0.2, 0.25) is 0 Å². The van der Waals surface area contributed by atoms with Gasteiger partial charge in [0.15, 0.2) is 5.78 Å². The lowest BCUT2D eigenvalue weighted by molar-refractivity contribution is 0.0969. The summed E-state index contributed by atoms with van der Waals surface area (Å²) in [4.78, 5) is 12.6. The number of Topliss-reactive ketones (excluding diaryl/α,β-unsaturated/α-hetero) is 1. The second-order valence-electron chi connectivity index (χ2n) is 9.72. The molecule has 1 aromatic rings. The molecule has 0 saturated heterocycles. The van der Waals surface area contributed by atoms with Crippen molar-refractivity contribution >= 4 is 5.78 Å². The number of ether oxygens (including phenoxy) is 1. The topological polar surface area (TPSA) is 46.5 Å². The van der Waals surface area contributed by atoms with Gasteiger partial charge < -0.3 is 9.84 Å². The molecular formula is C26H38F2O3. The van der Waals surface area contributed by atoms with Crippen molar-refractivity contribution in [2.75, 3.05) is 6.61 Å². The van der Waals surface area contributed by atoms with Crippen LogP contribution in [0, 0.1) is 23.7 Å². The lowest BCUT2D eigenvalue weighted by Gasteiger charge is -2.37. The predicted molar refractivity (Wildman–Crippen MR) is 119 cm³/mol. The van der Waals surface area contributed by atoms with Gasteiger partial charge in [0.05, 0.1) is 12.2 Å². The SMILES string of the molecule is CCOc1ccc(C(=O)CCCC2CCC(C3CCC(C)CC3)CC2)c(O)c1C(F)F. The summed E-state index contributed by atoms with van der Waals surface area (Å²) in [5.41, 5.74) is -0.600. The Morgan fingerprint density at radius 3 is 2.26 bits per heavy atom. The minimum atomic E-state index is -2.89. The minimum absolute atomic E-state index is 0.0195. The number of benzene rings is 1. The molecule has 0 unspecified atom stereocenters. The van der Waals surface area contributed by atoms with E-state index in [0.29, 0.717) is 5.92 Å². The summed E-state index contributed by atoms with van der Waals surface area (Å²) >= 11 is 0. The number of carbonyl (C=O) groups excluding carboxylic acids is 1. The molecule has 1 aromatic carbocycles. The Morgan fingerprint density at radius 2 is 1.68 bits per heavy atom. The van der Waals surface area contributed by atoms with Crippen molar-refractivity contribution in [2.45, 2.75) is 90.9 Å². The number of rotatable bonds is 9. The van der Waals surface area contributed by atoms with Crippen molar-refractivity contribution in [2.24, 2.45) is 23.7 Å². The minimum Gasteiger partial charge on any atom is -0.507 e. The van der Waals surface area contributed by atoms with E-state index in [9.17, 15) is 18.7 Å². The van der Waals surface area contributed by atoms with Gasteiger partial charge in [-0.3, -0.25) is 4.79 Å². The molecule has 2 aliphatic rings. The van der Waals surface area contributed by atoms with Gasteiger partial charge in [-0.1, -0.05) is 39.0 Å². The monoisotopic (exact) mass is 436 g/mol. The molecule has 2 saturated carbocycles. The number of hydrogen-bond acceptors (Lipinski definition) is 3. The molecule has 1 N–H and O–H groups in total. The van der Waals surface area contributed by atoms with Crippen LogP contribution in [-0.4, -0.2) is 17.5 Å². The Kier molecular flexibility index (Phi) is 8.74. The second kappa shape index (κ2) is 11.3. The van der Waals surface area contributed by atoms with Gasteiger partial charge in [-0.2, -0.15) is 0 Å². The number of halogens is 2. The van der Waals surface area contributed by atoms with Gasteiger partial charge in [-0.15, -0.1) is 0 Å². The van der Waals surface area contributed by atoms with Crippen LogP contribution in [0.15, 0.2) is 12.1 Å². The molecule has 0 bridgehead atoms. The van der Waals surface area contributed by atoms with E-state index < -0.39 is 17.7 Å². The number of phenolic OH excluding ortho intramolecular Hbond substituents is 1. The van der Waals surface area contributed by atoms with E-state index in [1.807, 2.05) is 0 Å². The third-order valence-corrected chi connectivity index (χ3v) is 7.63. The average molecular weight is 437 g/mol. The Morgan fingerprint density at radius 1 is 1.06 bits per heavy atom. The molecule has 3 nitrogen and oxygen atoms in total. The Balaban J connectivity index is 1.46. The van der Waals surface area contributed by atoms with Crippen LogP contribution >= 0.6 is 0 Å². The highest BCUT2D eigenvalue weighted by molar-refractivity contribution is 5.99. The summed E-state index contributed by atoms with van der Waals surface area (Å²) in [5.74, 6) is 2.41. The summed E-state index contributed by atoms with van der Waals surface area (Å²) < 4.78 is 31.9. The van der Waals surface area contributed by atoms with Crippen molar-refractivity contribution in [1.29, 1.82) is 0 Å². The molecule has 2 fully saturated rings. The molecule has 5 heteroatoms. The molecule has 0 heterocycles. The predicted octanol–water partition coefficient (Wildman–Crippen LogP) is 7.71. The number of ketones is 1. The Hall–Kier alpha value is -1.65. The highest BCUT2D eigenvalue weighted by Crippen LogP contribution is 2.43. The molecule has 3 rings (SSSR count). The molecule has 0 aromatic heterocycles. The number of phenols is 1. The zero-order chi connectivity index (χ0) is 22.4. The zero-order valence-corrected chi connectivity index (χ0v) is 19.0. The Bertz CT molecular complexity index is 718. The van der Waals surface area contributed by atoms with Crippen LogP contribution in [-0.2, 0) is 0 Å². The first-order chi connectivity index (χ1) is 14.9. The van der Waals surface area contributed by atoms with Gasteiger partial charge in [0.1, 0.15) is 17.1 Å². The third-order valence-electron chi connectivity index (χ3n) is 7.63. The van der Waals surface area contributed by atoms with Gasteiger partial charge in [-0.05, 0) is 74.8 Å². The average Bonchev–Trinajstić information content (AvgIpc) is 2.75. The van der Waals surface area contributed by atoms with E-state index in [-0.39, 0.29) is 30.1 Å². The van der Waals surface area contributed by atoms with Gasteiger partial charge in [-0.25, -0.2) is 8.78 Å². The molecule has 0 radical (unpaired) electrons. The smallest absolute Gasteiger partial charge is 0.271 e. The maximum atomic E-state index is 13.4. The van der Waals surface area contributed by atoms with E-state index in [0.717, 1.165) is 30.6 Å². The first-order valence-electron chi connectivity index (χ1n) is 12.2. The molecule has 2 aliphatic carbocycles. The Labute approximate surface area is 185 Å². The van der Waals surface area contributed by atoms with Crippen molar-refractivity contribution in [3.8, 4) is 11.5 Å². The van der Waals surface area contributed by atoms with Crippen molar-refractivity contribution in [3.05, 3.63) is 23.3 Å². The zero-order valence-electron chi connectivity index (χ0n) is 19.0. The van der Waals surface area contributed by atoms with Gasteiger partial charge >= 0.3 is 0 Å². The van der Waals surface area contributed by atoms with Crippen LogP contribution in [0.3, 0.4) is 0 Å². The molecular weight excluding hydrogens is 398 g/mol. The number of alkyl halides is 2. The number of carbonyl (C=O) groups is 1. The fourth-order valence-corrected chi connectivity index (χ4v) is 5.70. The number of aromatic hydroxyl groups is 1. The van der Waals surface area contributed by atoms with Gasteiger partial charge in [0.2, 0.25) is 0 Å². The summed E-state index contributed by atoms with van der Waals surface area (Å²) in [6.07, 6.45) is 9.83. The van der Waals surface area contributed by atoms with Crippen molar-refractivity contribution < 1.29 is 23.4 Å². The largest absolute Gasteiger partial charge is 0.507 e. The van der Waals surface area contributed by atoms with Crippen LogP contribution in [0.5, 0.6) is 11.5 Å². The molecule has 31 heavy (non-hydrogen) atoms. The van der Waals surface area contributed by atoms with Gasteiger partial charge in [0, 0.05) is 6.42 Å². The summed E-state index contributed by atoms with van der Waals surface area (Å²) in [5, 5.41) is 10.3. The van der Waals surface area contributed by atoms with E-state index >= 15 is 0 Å². The van der Waals surface area contributed by atoms with E-state index in [4.69, 9.17) is 4.74 Å². The second-order valence-corrected chi connectivity index (χ2v) is 9.72. The van der Waals surface area contributed by atoms with E-state index in [2.05, 4.69) is 6.92 Å². The highest BCUT2D eigenvalue weighted by atomic mass is 19.3. The maximum absolute atomic E-state index is 13.4. The highest BCUT2D eigenvalue weighted by Gasteiger charge is 2.30. The van der Waals surface area contributed by atoms with E-state index in [1.54, 1.807) is 6.92 Å². The third kappa shape index (κ3) is 6.20. The molecule has 174 valence electrons. The van der Waals surface area contributed by atoms with Crippen LogP contribution in [0.4, 0.5) is 8.78 Å². The fraction of sp³-hybridized carbons (Fsp3) is 0.731. The summed E-state index contributed by atoms with van der Waals surface area (Å²) in [6.45, 7) is 4.28. The molecule has 0 atom stereocenters. The molecule has 0 spiro atoms. The first-order valence-corrected chi connectivity index (χ1v) is 12.2. The lowest BCUT2D eigenvalue weighted by atomic mass is 9.69. The summed E-state index contributed by atoms with van der Waals surface area (Å²) in [7, 11) is 0. The van der Waals surface area contributed by atoms with E-state index in [1.165, 1.54) is 63.5 Å². The van der Waals surface area contributed by atoms with Crippen molar-refractivity contribution in [3.63, 3.8) is 0 Å². The normalized spacial score (nSPS) is 26.7. The maximum Gasteiger partial charge on any atom is 0.271 e.